The van der Waals surface area contributed by atoms with Crippen LogP contribution in [-0.4, -0.2) is 41.1 Å². The minimum atomic E-state index is -2.72. The van der Waals surface area contributed by atoms with Gasteiger partial charge in [0.05, 0.1) is 5.60 Å². The van der Waals surface area contributed by atoms with Crippen LogP contribution in [0, 0.1) is 5.92 Å². The molecule has 0 aliphatic heterocycles. The molecule has 6 heteroatoms. The van der Waals surface area contributed by atoms with E-state index in [2.05, 4.69) is 5.32 Å². The molecule has 0 aromatic heterocycles. The van der Waals surface area contributed by atoms with Gasteiger partial charge in [-0.3, -0.25) is 4.79 Å². The SMILES string of the molecule is CSCC(C)(O)CNC(=O)C1CCCC(F)(F)C1. The van der Waals surface area contributed by atoms with Crippen LogP contribution in [0.15, 0.2) is 0 Å². The van der Waals surface area contributed by atoms with E-state index in [1.165, 1.54) is 11.8 Å². The van der Waals surface area contributed by atoms with Gasteiger partial charge in [-0.25, -0.2) is 8.78 Å². The molecule has 18 heavy (non-hydrogen) atoms. The Morgan fingerprint density at radius 2 is 2.28 bits per heavy atom. The van der Waals surface area contributed by atoms with Gasteiger partial charge in [-0.2, -0.15) is 11.8 Å². The molecular formula is C12H21F2NO2S. The molecule has 0 bridgehead atoms. The van der Waals surface area contributed by atoms with Crippen LogP contribution in [0.25, 0.3) is 0 Å². The number of thioether (sulfide) groups is 1. The molecule has 1 aliphatic rings. The zero-order valence-corrected chi connectivity index (χ0v) is 11.7. The Bertz CT molecular complexity index is 298. The number of nitrogens with one attached hydrogen (secondary N) is 1. The Kier molecular flexibility index (Phi) is 5.40. The normalized spacial score (nSPS) is 26.4. The summed E-state index contributed by atoms with van der Waals surface area (Å²) in [5, 5.41) is 12.5. The molecule has 0 heterocycles. The second kappa shape index (κ2) is 6.19. The number of hydrogen-bond acceptors (Lipinski definition) is 3. The Morgan fingerprint density at radius 3 is 2.83 bits per heavy atom. The molecule has 1 saturated carbocycles. The highest BCUT2D eigenvalue weighted by Gasteiger charge is 2.39. The van der Waals surface area contributed by atoms with E-state index >= 15 is 0 Å². The fourth-order valence-corrected chi connectivity index (χ4v) is 2.90. The number of rotatable bonds is 5. The van der Waals surface area contributed by atoms with Crippen molar-refractivity contribution in [3.63, 3.8) is 0 Å². The van der Waals surface area contributed by atoms with Crippen molar-refractivity contribution in [2.45, 2.75) is 44.1 Å². The van der Waals surface area contributed by atoms with Crippen LogP contribution in [0.4, 0.5) is 8.78 Å². The third-order valence-electron chi connectivity index (χ3n) is 3.11. The van der Waals surface area contributed by atoms with E-state index < -0.39 is 17.4 Å². The number of halogens is 2. The number of hydrogen-bond donors (Lipinski definition) is 2. The lowest BCUT2D eigenvalue weighted by molar-refractivity contribution is -0.133. The van der Waals surface area contributed by atoms with Crippen molar-refractivity contribution in [3.05, 3.63) is 0 Å². The molecule has 1 aliphatic carbocycles. The summed E-state index contributed by atoms with van der Waals surface area (Å²) in [6.45, 7) is 1.73. The van der Waals surface area contributed by atoms with E-state index in [1.54, 1.807) is 6.92 Å². The van der Waals surface area contributed by atoms with E-state index in [-0.39, 0.29) is 25.3 Å². The molecule has 3 nitrogen and oxygen atoms in total. The van der Waals surface area contributed by atoms with E-state index in [1.807, 2.05) is 6.26 Å². The molecule has 0 aromatic carbocycles. The van der Waals surface area contributed by atoms with Crippen molar-refractivity contribution < 1.29 is 18.7 Å². The Hall–Kier alpha value is -0.360. The maximum atomic E-state index is 13.2. The maximum absolute atomic E-state index is 13.2. The highest BCUT2D eigenvalue weighted by atomic mass is 32.2. The quantitative estimate of drug-likeness (QED) is 0.811. The molecule has 2 N–H and O–H groups in total. The van der Waals surface area contributed by atoms with Gasteiger partial charge in [-0.1, -0.05) is 0 Å². The summed E-state index contributed by atoms with van der Waals surface area (Å²) < 4.78 is 26.4. The summed E-state index contributed by atoms with van der Waals surface area (Å²) in [4.78, 5) is 11.8. The molecule has 0 radical (unpaired) electrons. The maximum Gasteiger partial charge on any atom is 0.248 e. The van der Waals surface area contributed by atoms with Crippen LogP contribution < -0.4 is 5.32 Å². The number of amides is 1. The van der Waals surface area contributed by atoms with Gasteiger partial charge >= 0.3 is 0 Å². The van der Waals surface area contributed by atoms with E-state index in [4.69, 9.17) is 0 Å². The minimum Gasteiger partial charge on any atom is -0.387 e. The highest BCUT2D eigenvalue weighted by molar-refractivity contribution is 7.98. The number of aliphatic hydroxyl groups is 1. The fraction of sp³-hybridized carbons (Fsp3) is 0.917. The van der Waals surface area contributed by atoms with Crippen LogP contribution >= 0.6 is 11.8 Å². The van der Waals surface area contributed by atoms with Gasteiger partial charge < -0.3 is 10.4 Å². The smallest absolute Gasteiger partial charge is 0.248 e. The van der Waals surface area contributed by atoms with Crippen LogP contribution in [-0.2, 0) is 4.79 Å². The van der Waals surface area contributed by atoms with Crippen molar-refractivity contribution in [2.75, 3.05) is 18.6 Å². The number of alkyl halides is 2. The van der Waals surface area contributed by atoms with E-state index in [0.717, 1.165) is 0 Å². The lowest BCUT2D eigenvalue weighted by Gasteiger charge is -2.29. The predicted molar refractivity (Wildman–Crippen MR) is 68.9 cm³/mol. The van der Waals surface area contributed by atoms with Gasteiger partial charge in [-0.15, -0.1) is 0 Å². The summed E-state index contributed by atoms with van der Waals surface area (Å²) in [6.07, 6.45) is 2.25. The third-order valence-corrected chi connectivity index (χ3v) is 4.02. The standard InChI is InChI=1S/C12H21F2NO2S/c1-11(17,8-18-2)7-15-10(16)9-4-3-5-12(13,14)6-9/h9,17H,3-8H2,1-2H3,(H,15,16). The van der Waals surface area contributed by atoms with E-state index in [0.29, 0.717) is 18.6 Å². The zero-order valence-electron chi connectivity index (χ0n) is 10.8. The van der Waals surface area contributed by atoms with Gasteiger partial charge in [0.25, 0.3) is 0 Å². The van der Waals surface area contributed by atoms with Gasteiger partial charge in [-0.05, 0) is 26.0 Å². The average Bonchev–Trinajstić information content (AvgIpc) is 2.24. The van der Waals surface area contributed by atoms with Crippen LogP contribution in [0.3, 0.4) is 0 Å². The molecular weight excluding hydrogens is 260 g/mol. The van der Waals surface area contributed by atoms with Crippen LogP contribution in [0.5, 0.6) is 0 Å². The minimum absolute atomic E-state index is 0.106. The zero-order chi connectivity index (χ0) is 13.8. The molecule has 1 fully saturated rings. The van der Waals surface area contributed by atoms with Gasteiger partial charge in [0.1, 0.15) is 0 Å². The van der Waals surface area contributed by atoms with Crippen molar-refractivity contribution >= 4 is 17.7 Å². The summed E-state index contributed by atoms with van der Waals surface area (Å²) in [6, 6.07) is 0. The van der Waals surface area contributed by atoms with Crippen molar-refractivity contribution in [2.24, 2.45) is 5.92 Å². The Morgan fingerprint density at radius 1 is 1.61 bits per heavy atom. The lowest BCUT2D eigenvalue weighted by atomic mass is 9.86. The lowest BCUT2D eigenvalue weighted by Crippen LogP contribution is -2.45. The molecule has 2 atom stereocenters. The van der Waals surface area contributed by atoms with Crippen molar-refractivity contribution in [3.8, 4) is 0 Å². The second-order valence-corrected chi connectivity index (χ2v) is 6.16. The van der Waals surface area contributed by atoms with Gasteiger partial charge in [0.2, 0.25) is 11.8 Å². The molecule has 2 unspecified atom stereocenters. The molecule has 106 valence electrons. The Balaban J connectivity index is 2.41. The second-order valence-electron chi connectivity index (χ2n) is 5.30. The monoisotopic (exact) mass is 281 g/mol. The first-order chi connectivity index (χ1) is 8.26. The summed E-state index contributed by atoms with van der Waals surface area (Å²) in [5.74, 6) is -3.22. The molecule has 0 saturated heterocycles. The fourth-order valence-electron chi connectivity index (χ4n) is 2.18. The average molecular weight is 281 g/mol. The van der Waals surface area contributed by atoms with Gasteiger partial charge in [0.15, 0.2) is 0 Å². The highest BCUT2D eigenvalue weighted by Crippen LogP contribution is 2.36. The first kappa shape index (κ1) is 15.7. The molecule has 0 spiro atoms. The first-order valence-corrected chi connectivity index (χ1v) is 7.52. The topological polar surface area (TPSA) is 49.3 Å². The predicted octanol–water partition coefficient (Wildman–Crippen LogP) is 2.04. The molecule has 1 rings (SSSR count). The molecule has 0 aromatic rings. The summed E-state index contributed by atoms with van der Waals surface area (Å²) in [5.41, 5.74) is -0.994. The third kappa shape index (κ3) is 5.10. The van der Waals surface area contributed by atoms with E-state index in [9.17, 15) is 18.7 Å². The largest absolute Gasteiger partial charge is 0.387 e. The summed E-state index contributed by atoms with van der Waals surface area (Å²) in [7, 11) is 0. The van der Waals surface area contributed by atoms with Crippen LogP contribution in [0.1, 0.15) is 32.6 Å². The number of carbonyl (C=O) groups excluding carboxylic acids is 1. The van der Waals surface area contributed by atoms with Crippen molar-refractivity contribution in [1.29, 1.82) is 0 Å². The summed E-state index contributed by atoms with van der Waals surface area (Å²) >= 11 is 1.47. The molecule has 1 amide bonds. The van der Waals surface area contributed by atoms with Crippen molar-refractivity contribution in [1.82, 2.24) is 5.32 Å². The first-order valence-electron chi connectivity index (χ1n) is 6.13. The van der Waals surface area contributed by atoms with Crippen LogP contribution in [0.2, 0.25) is 0 Å². The van der Waals surface area contributed by atoms with Gasteiger partial charge in [0, 0.05) is 31.1 Å². The number of carbonyl (C=O) groups is 1. The Labute approximate surface area is 111 Å².